The van der Waals surface area contributed by atoms with Crippen molar-refractivity contribution in [1.82, 2.24) is 5.32 Å². The Morgan fingerprint density at radius 1 is 1.36 bits per heavy atom. The third kappa shape index (κ3) is 3.91. The Morgan fingerprint density at radius 2 is 2.09 bits per heavy atom. The Morgan fingerprint density at radius 3 is 2.64 bits per heavy atom. The van der Waals surface area contributed by atoms with Crippen molar-refractivity contribution in [2.24, 2.45) is 0 Å². The Kier molecular flexibility index (Phi) is 4.66. The number of hydrogen-bond acceptors (Lipinski definition) is 4. The molecule has 1 aromatic rings. The number of benzene rings is 1. The maximum absolute atomic E-state index is 12.0. The largest absolute Gasteiger partial charge is 0.495 e. The molecule has 2 N–H and O–H groups in total. The minimum Gasteiger partial charge on any atom is -0.495 e. The fraction of sp³-hybridized carbons (Fsp3) is 0.588. The monoisotopic (exact) mass is 306 g/mol. The third-order valence-corrected chi connectivity index (χ3v) is 3.84. The van der Waals surface area contributed by atoms with Crippen molar-refractivity contribution in [2.75, 3.05) is 19.0 Å². The molecule has 1 unspecified atom stereocenters. The van der Waals surface area contributed by atoms with Gasteiger partial charge in [-0.05, 0) is 64.8 Å². The quantitative estimate of drug-likeness (QED) is 0.895. The normalized spacial score (nSPS) is 21.5. The topological polar surface area (TPSA) is 59.6 Å². The van der Waals surface area contributed by atoms with Crippen molar-refractivity contribution in [1.29, 1.82) is 0 Å². The van der Waals surface area contributed by atoms with Crippen LogP contribution in [0.5, 0.6) is 5.75 Å². The summed E-state index contributed by atoms with van der Waals surface area (Å²) in [5.74, 6) is 0.621. The zero-order valence-electron chi connectivity index (χ0n) is 14.1. The SMILES string of the molecule is COc1ccc(C2(C)CCCN2)cc1NC(=O)OC(C)(C)C. The summed E-state index contributed by atoms with van der Waals surface area (Å²) in [6.07, 6.45) is 1.75. The van der Waals surface area contributed by atoms with Gasteiger partial charge in [-0.2, -0.15) is 0 Å². The van der Waals surface area contributed by atoms with Gasteiger partial charge in [-0.1, -0.05) is 6.07 Å². The molecule has 5 nitrogen and oxygen atoms in total. The lowest BCUT2D eigenvalue weighted by molar-refractivity contribution is 0.0635. The highest BCUT2D eigenvalue weighted by molar-refractivity contribution is 5.87. The minimum absolute atomic E-state index is 0.0589. The van der Waals surface area contributed by atoms with Crippen LogP contribution >= 0.6 is 0 Å². The molecule has 1 saturated heterocycles. The van der Waals surface area contributed by atoms with Crippen molar-refractivity contribution < 1.29 is 14.3 Å². The van der Waals surface area contributed by atoms with E-state index in [0.717, 1.165) is 24.9 Å². The number of rotatable bonds is 3. The summed E-state index contributed by atoms with van der Waals surface area (Å²) >= 11 is 0. The Bertz CT molecular complexity index is 543. The summed E-state index contributed by atoms with van der Waals surface area (Å²) < 4.78 is 10.6. The van der Waals surface area contributed by atoms with Crippen LogP contribution in [0.1, 0.15) is 46.1 Å². The van der Waals surface area contributed by atoms with E-state index in [1.54, 1.807) is 7.11 Å². The highest BCUT2D eigenvalue weighted by Crippen LogP contribution is 2.35. The van der Waals surface area contributed by atoms with Crippen molar-refractivity contribution in [2.45, 2.75) is 51.7 Å². The molecule has 2 rings (SSSR count). The number of nitrogens with one attached hydrogen (secondary N) is 2. The van der Waals surface area contributed by atoms with Crippen LogP contribution in [-0.2, 0) is 10.3 Å². The lowest BCUT2D eigenvalue weighted by Crippen LogP contribution is -2.33. The van der Waals surface area contributed by atoms with Gasteiger partial charge in [0.2, 0.25) is 0 Å². The molecule has 0 saturated carbocycles. The number of carbonyl (C=O) groups excluding carboxylic acids is 1. The van der Waals surface area contributed by atoms with E-state index in [-0.39, 0.29) is 5.54 Å². The van der Waals surface area contributed by atoms with Crippen LogP contribution in [0.4, 0.5) is 10.5 Å². The lowest BCUT2D eigenvalue weighted by Gasteiger charge is -2.26. The summed E-state index contributed by atoms with van der Waals surface area (Å²) in [6.45, 7) is 8.70. The standard InChI is InChI=1S/C17H26N2O3/c1-16(2,3)22-15(20)19-13-11-12(7-8-14(13)21-5)17(4)9-6-10-18-17/h7-8,11,18H,6,9-10H2,1-5H3,(H,19,20). The predicted octanol–water partition coefficient (Wildman–Crippen LogP) is 3.64. The van der Waals surface area contributed by atoms with Gasteiger partial charge < -0.3 is 14.8 Å². The van der Waals surface area contributed by atoms with Crippen molar-refractivity contribution in [3.05, 3.63) is 23.8 Å². The van der Waals surface area contributed by atoms with Gasteiger partial charge >= 0.3 is 6.09 Å². The number of methoxy groups -OCH3 is 1. The van der Waals surface area contributed by atoms with E-state index in [1.165, 1.54) is 0 Å². The van der Waals surface area contributed by atoms with Gasteiger partial charge in [0.05, 0.1) is 12.8 Å². The van der Waals surface area contributed by atoms with Crippen LogP contribution in [-0.4, -0.2) is 25.3 Å². The molecule has 1 aliphatic rings. The van der Waals surface area contributed by atoms with Gasteiger partial charge in [0.1, 0.15) is 11.4 Å². The van der Waals surface area contributed by atoms with Gasteiger partial charge in [0.25, 0.3) is 0 Å². The van der Waals surface area contributed by atoms with Gasteiger partial charge in [0, 0.05) is 5.54 Å². The molecule has 1 aliphatic heterocycles. The van der Waals surface area contributed by atoms with Gasteiger partial charge in [-0.15, -0.1) is 0 Å². The summed E-state index contributed by atoms with van der Waals surface area (Å²) in [7, 11) is 1.59. The molecule has 22 heavy (non-hydrogen) atoms. The average Bonchev–Trinajstić information content (AvgIpc) is 2.84. The van der Waals surface area contributed by atoms with Gasteiger partial charge in [-0.3, -0.25) is 5.32 Å². The second-order valence-electron chi connectivity index (χ2n) is 6.90. The number of hydrogen-bond donors (Lipinski definition) is 2. The first-order chi connectivity index (χ1) is 10.2. The number of carbonyl (C=O) groups is 1. The average molecular weight is 306 g/mol. The van der Waals surface area contributed by atoms with Crippen LogP contribution in [0.15, 0.2) is 18.2 Å². The van der Waals surface area contributed by atoms with Gasteiger partial charge in [0.15, 0.2) is 0 Å². The zero-order valence-corrected chi connectivity index (χ0v) is 14.1. The van der Waals surface area contributed by atoms with Crippen molar-refractivity contribution in [3.63, 3.8) is 0 Å². The molecular weight excluding hydrogens is 280 g/mol. The minimum atomic E-state index is -0.534. The Balaban J connectivity index is 2.23. The molecule has 1 aromatic carbocycles. The van der Waals surface area contributed by atoms with Crippen LogP contribution in [0.2, 0.25) is 0 Å². The van der Waals surface area contributed by atoms with Gasteiger partial charge in [-0.25, -0.2) is 4.79 Å². The van der Waals surface area contributed by atoms with E-state index in [1.807, 2.05) is 39.0 Å². The molecule has 1 heterocycles. The number of anilines is 1. The summed E-state index contributed by atoms with van der Waals surface area (Å²) in [5, 5.41) is 6.31. The summed E-state index contributed by atoms with van der Waals surface area (Å²) in [4.78, 5) is 12.0. The summed E-state index contributed by atoms with van der Waals surface area (Å²) in [5.41, 5.74) is 1.17. The van der Waals surface area contributed by atoms with Crippen LogP contribution < -0.4 is 15.4 Å². The highest BCUT2D eigenvalue weighted by Gasteiger charge is 2.30. The maximum atomic E-state index is 12.0. The van der Waals surface area contributed by atoms with E-state index in [4.69, 9.17) is 9.47 Å². The second-order valence-corrected chi connectivity index (χ2v) is 6.90. The van der Waals surface area contributed by atoms with E-state index in [9.17, 15) is 4.79 Å². The first-order valence-corrected chi connectivity index (χ1v) is 7.67. The first-order valence-electron chi connectivity index (χ1n) is 7.67. The molecule has 5 heteroatoms. The predicted molar refractivity (Wildman–Crippen MR) is 87.4 cm³/mol. The smallest absolute Gasteiger partial charge is 0.412 e. The molecular formula is C17H26N2O3. The fourth-order valence-electron chi connectivity index (χ4n) is 2.70. The molecule has 0 spiro atoms. The summed E-state index contributed by atoms with van der Waals surface area (Å²) in [6, 6.07) is 5.88. The van der Waals surface area contributed by atoms with Crippen molar-refractivity contribution in [3.8, 4) is 5.75 Å². The van der Waals surface area contributed by atoms with Crippen molar-refractivity contribution >= 4 is 11.8 Å². The molecule has 1 atom stereocenters. The number of amides is 1. The Labute approximate surface area is 132 Å². The fourth-order valence-corrected chi connectivity index (χ4v) is 2.70. The lowest BCUT2D eigenvalue weighted by atomic mass is 9.90. The molecule has 122 valence electrons. The van der Waals surface area contributed by atoms with Crippen LogP contribution in [0, 0.1) is 0 Å². The highest BCUT2D eigenvalue weighted by atomic mass is 16.6. The van der Waals surface area contributed by atoms with E-state index in [0.29, 0.717) is 11.4 Å². The zero-order chi connectivity index (χ0) is 16.4. The third-order valence-electron chi connectivity index (χ3n) is 3.84. The molecule has 1 amide bonds. The second kappa shape index (κ2) is 6.16. The molecule has 0 aromatic heterocycles. The van der Waals surface area contributed by atoms with E-state index < -0.39 is 11.7 Å². The molecule has 1 fully saturated rings. The molecule has 0 aliphatic carbocycles. The van der Waals surface area contributed by atoms with Crippen LogP contribution in [0.3, 0.4) is 0 Å². The molecule has 0 bridgehead atoms. The number of ether oxygens (including phenoxy) is 2. The van der Waals surface area contributed by atoms with E-state index in [2.05, 4.69) is 17.6 Å². The molecule has 0 radical (unpaired) electrons. The van der Waals surface area contributed by atoms with E-state index >= 15 is 0 Å². The van der Waals surface area contributed by atoms with Crippen LogP contribution in [0.25, 0.3) is 0 Å². The first kappa shape index (κ1) is 16.6. The maximum Gasteiger partial charge on any atom is 0.412 e. The Hall–Kier alpha value is -1.75.